The summed E-state index contributed by atoms with van der Waals surface area (Å²) in [6.45, 7) is 0. The van der Waals surface area contributed by atoms with Crippen LogP contribution in [0.1, 0.15) is 0 Å². The predicted octanol–water partition coefficient (Wildman–Crippen LogP) is 0.248. The summed E-state index contributed by atoms with van der Waals surface area (Å²) in [5.74, 6) is 0. The average Bonchev–Trinajstić information content (AvgIpc) is 0.918. The van der Waals surface area contributed by atoms with Crippen LogP contribution in [0.3, 0.4) is 0 Å². The topological polar surface area (TPSA) is 52.5 Å². The number of rotatable bonds is 0. The second-order valence-corrected chi connectivity index (χ2v) is 0.0745. The molecule has 0 aromatic carbocycles. The van der Waals surface area contributed by atoms with Gasteiger partial charge in [-0.2, -0.15) is 0 Å². The number of nitrogens with zero attached hydrogens (tertiary/aromatic N) is 1. The second-order valence-electron chi connectivity index (χ2n) is 0.0745. The van der Waals surface area contributed by atoms with Gasteiger partial charge in [0.05, 0.1) is 0 Å². The molecule has 0 bridgehead atoms. The average molecular weight is 105 g/mol. The molecule has 0 N–H and O–H groups in total. The van der Waals surface area contributed by atoms with Gasteiger partial charge in [-0.15, -0.1) is 5.34 Å². The maximum atomic E-state index is 8.00. The van der Waals surface area contributed by atoms with Crippen LogP contribution in [0.5, 0.6) is 0 Å². The third-order valence-corrected chi connectivity index (χ3v) is 0. The van der Waals surface area contributed by atoms with Gasteiger partial charge in [0.2, 0.25) is 0 Å². The van der Waals surface area contributed by atoms with Gasteiger partial charge in [0.1, 0.15) is 0 Å². The molecule has 0 aliphatic carbocycles. The van der Waals surface area contributed by atoms with Crippen molar-refractivity contribution >= 4 is 0 Å². The Morgan fingerprint density at radius 1 is 1.75 bits per heavy atom. The van der Waals surface area contributed by atoms with Gasteiger partial charge in [0.25, 0.3) is 0 Å². The van der Waals surface area contributed by atoms with Gasteiger partial charge in [0.15, 0.2) is 0 Å². The zero-order valence-electron chi connectivity index (χ0n) is 1.60. The van der Waals surface area contributed by atoms with E-state index < -0.39 is 0 Å². The molecule has 3 nitrogen and oxygen atoms in total. The SMILES string of the molecule is O=N[O-].[Co]. The zero-order valence-corrected chi connectivity index (χ0v) is 2.64. The summed E-state index contributed by atoms with van der Waals surface area (Å²) >= 11 is 0. The normalized spacial score (nSPS) is 3.00. The maximum Gasteiger partial charge on any atom is 0 e. The Bertz CT molecular complexity index is 13.5. The molecule has 0 rings (SSSR count). The molecule has 0 aromatic heterocycles. The van der Waals surface area contributed by atoms with Gasteiger partial charge in [-0.05, 0) is 0 Å². The van der Waals surface area contributed by atoms with Crippen molar-refractivity contribution in [1.82, 2.24) is 0 Å². The van der Waals surface area contributed by atoms with Crippen molar-refractivity contribution in [2.24, 2.45) is 5.34 Å². The van der Waals surface area contributed by atoms with Crippen LogP contribution in [0.2, 0.25) is 0 Å². The van der Waals surface area contributed by atoms with Crippen molar-refractivity contribution < 1.29 is 16.8 Å². The minimum absolute atomic E-state index is 0. The summed E-state index contributed by atoms with van der Waals surface area (Å²) in [7, 11) is 0. The summed E-state index contributed by atoms with van der Waals surface area (Å²) in [5.41, 5.74) is 0. The summed E-state index contributed by atoms with van der Waals surface area (Å²) < 4.78 is 0. The second kappa shape index (κ2) is 12.9. The van der Waals surface area contributed by atoms with E-state index in [0.29, 0.717) is 0 Å². The van der Waals surface area contributed by atoms with E-state index in [1.807, 2.05) is 0 Å². The van der Waals surface area contributed by atoms with E-state index in [0.717, 1.165) is 5.34 Å². The van der Waals surface area contributed by atoms with Gasteiger partial charge in [-0.25, -0.2) is 0 Å². The minimum atomic E-state index is 0. The van der Waals surface area contributed by atoms with Gasteiger partial charge < -0.3 is 10.1 Å². The van der Waals surface area contributed by atoms with E-state index in [9.17, 15) is 0 Å². The molecule has 1 radical (unpaired) electrons. The van der Waals surface area contributed by atoms with Crippen LogP contribution in [0, 0.1) is 10.1 Å². The van der Waals surface area contributed by atoms with Crippen molar-refractivity contribution in [3.05, 3.63) is 10.1 Å². The molecule has 4 heteroatoms. The Hall–Kier alpha value is -0.0935. The van der Waals surface area contributed by atoms with E-state index in [1.54, 1.807) is 0 Å². The van der Waals surface area contributed by atoms with Crippen molar-refractivity contribution in [3.8, 4) is 0 Å². The van der Waals surface area contributed by atoms with Gasteiger partial charge in [-0.3, -0.25) is 0 Å². The first-order chi connectivity index (χ1) is 1.41. The minimum Gasteiger partial charge on any atom is -0.444 e. The van der Waals surface area contributed by atoms with Crippen molar-refractivity contribution in [2.75, 3.05) is 0 Å². The standard InChI is InChI=1S/Co.HNO2/c;2-1-3/h;(H,2,3)/p-1. The van der Waals surface area contributed by atoms with E-state index in [2.05, 4.69) is 0 Å². The molecule has 0 heterocycles. The number of hydrogen-bond acceptors (Lipinski definition) is 3. The molecular formula is CoNO2-. The summed E-state index contributed by atoms with van der Waals surface area (Å²) in [6, 6.07) is 0. The van der Waals surface area contributed by atoms with E-state index >= 15 is 0 Å². The van der Waals surface area contributed by atoms with Crippen LogP contribution in [-0.2, 0) is 16.8 Å². The smallest absolute Gasteiger partial charge is 0 e. The van der Waals surface area contributed by atoms with Crippen LogP contribution in [0.25, 0.3) is 0 Å². The fourth-order valence-corrected chi connectivity index (χ4v) is 0. The fourth-order valence-electron chi connectivity index (χ4n) is 0. The zero-order chi connectivity index (χ0) is 2.71. The number of hydrogen-bond donors (Lipinski definition) is 0. The molecule has 0 amide bonds. The molecule has 0 atom stereocenters. The molecule has 4 heavy (non-hydrogen) atoms. The molecule has 0 spiro atoms. The van der Waals surface area contributed by atoms with Crippen molar-refractivity contribution in [2.45, 2.75) is 0 Å². The van der Waals surface area contributed by atoms with Crippen LogP contribution < -0.4 is 0 Å². The van der Waals surface area contributed by atoms with Crippen molar-refractivity contribution in [3.63, 3.8) is 0 Å². The van der Waals surface area contributed by atoms with Crippen molar-refractivity contribution in [1.29, 1.82) is 0 Å². The first kappa shape index (κ1) is 9.08. The summed E-state index contributed by atoms with van der Waals surface area (Å²) in [5, 5.41) is 9.00. The molecule has 0 aliphatic rings. The Morgan fingerprint density at radius 3 is 1.75 bits per heavy atom. The van der Waals surface area contributed by atoms with Crippen LogP contribution in [0.15, 0.2) is 5.34 Å². The third kappa shape index (κ3) is 179. The molecule has 0 aliphatic heterocycles. The summed E-state index contributed by atoms with van der Waals surface area (Å²) in [4.78, 5) is 8.00. The first-order valence-electron chi connectivity index (χ1n) is 0.365. The Kier molecular flexibility index (Phi) is 29.2. The Morgan fingerprint density at radius 2 is 1.75 bits per heavy atom. The fraction of sp³-hybridized carbons (Fsp3) is 0. The molecule has 0 saturated carbocycles. The quantitative estimate of drug-likeness (QED) is 0.327. The largest absolute Gasteiger partial charge is 0.444 e. The molecule has 27 valence electrons. The van der Waals surface area contributed by atoms with Gasteiger partial charge in [-0.1, -0.05) is 0 Å². The maximum absolute atomic E-state index is 8.00. The Balaban J connectivity index is 0. The molecular weight excluding hydrogens is 105 g/mol. The predicted molar refractivity (Wildman–Crippen MR) is 9.16 cm³/mol. The summed E-state index contributed by atoms with van der Waals surface area (Å²) in [6.07, 6.45) is 0. The molecule has 0 fully saturated rings. The third-order valence-electron chi connectivity index (χ3n) is 0. The molecule has 0 aromatic rings. The molecule has 0 unspecified atom stereocenters. The van der Waals surface area contributed by atoms with Crippen LogP contribution >= 0.6 is 0 Å². The Labute approximate surface area is 33.1 Å². The molecule has 0 saturated heterocycles. The van der Waals surface area contributed by atoms with E-state index in [1.165, 1.54) is 0 Å². The van der Waals surface area contributed by atoms with E-state index in [-0.39, 0.29) is 16.8 Å². The monoisotopic (exact) mass is 105 g/mol. The van der Waals surface area contributed by atoms with Gasteiger partial charge >= 0.3 is 0 Å². The van der Waals surface area contributed by atoms with Crippen LogP contribution in [0.4, 0.5) is 0 Å². The van der Waals surface area contributed by atoms with E-state index in [4.69, 9.17) is 10.1 Å². The first-order valence-corrected chi connectivity index (χ1v) is 0.365. The van der Waals surface area contributed by atoms with Crippen LogP contribution in [-0.4, -0.2) is 0 Å². The van der Waals surface area contributed by atoms with Gasteiger partial charge in [0, 0.05) is 16.8 Å².